The first-order valence-electron chi connectivity index (χ1n) is 39.3. The number of nitrogens with one attached hydrogen (secondary N) is 3. The van der Waals surface area contributed by atoms with Crippen molar-refractivity contribution in [3.8, 4) is 0 Å². The number of hydrogen-bond donors (Lipinski definition) is 12. The molecule has 45 heteroatoms. The summed E-state index contributed by atoms with van der Waals surface area (Å²) in [6.45, 7) is -9.78. The van der Waals surface area contributed by atoms with Crippen molar-refractivity contribution in [1.29, 1.82) is 0 Å². The number of rotatable bonds is 65. The first-order chi connectivity index (χ1) is 54.3. The van der Waals surface area contributed by atoms with Gasteiger partial charge in [0.25, 0.3) is 0 Å². The van der Waals surface area contributed by atoms with E-state index in [4.69, 9.17) is 131 Å². The Balaban J connectivity index is 1.58. The monoisotopic (exact) mass is 1800 g/mol. The van der Waals surface area contributed by atoms with Gasteiger partial charge in [-0.3, -0.25) is 18.9 Å². The minimum absolute atomic E-state index is 0.00823. The lowest BCUT2D eigenvalue weighted by molar-refractivity contribution is -0.208. The molecule has 0 aromatic rings. The van der Waals surface area contributed by atoms with Gasteiger partial charge in [-0.1, -0.05) is 48.3 Å². The van der Waals surface area contributed by atoms with Gasteiger partial charge >= 0.3 is 0 Å². The number of aliphatic hydroxyl groups is 9. The summed E-state index contributed by atoms with van der Waals surface area (Å²) in [5.74, 6) is -2.76. The van der Waals surface area contributed by atoms with E-state index in [0.717, 1.165) is 19.3 Å². The number of ether oxygens (including phenoxy) is 10. The summed E-state index contributed by atoms with van der Waals surface area (Å²) in [6, 6.07) is -3.21. The Hall–Kier alpha value is -0.260. The summed E-state index contributed by atoms with van der Waals surface area (Å²) < 4.78 is 116. The molecule has 0 saturated carbocycles. The van der Waals surface area contributed by atoms with Gasteiger partial charge in [0.15, 0.2) is 25.7 Å². The molecule has 3 aliphatic heterocycles. The highest BCUT2D eigenvalue weighted by Gasteiger charge is 2.42. The lowest BCUT2D eigenvalue weighted by atomic mass is 9.87. The lowest BCUT2D eigenvalue weighted by Crippen LogP contribution is -2.58. The predicted octanol–water partition coefficient (Wildman–Crippen LogP) is 1.42. The van der Waals surface area contributed by atoms with E-state index < -0.39 is 141 Å². The molecule has 3 heterocycles. The Morgan fingerprint density at radius 2 is 0.667 bits per heavy atom. The molecule has 674 valence electrons. The Kier molecular flexibility index (Phi) is 58.6. The summed E-state index contributed by atoms with van der Waals surface area (Å²) in [7, 11) is 1.23. The second-order valence-electron chi connectivity index (χ2n) is 28.6. The average Bonchev–Trinajstić information content (AvgIpc) is 0.847. The Labute approximate surface area is 692 Å². The van der Waals surface area contributed by atoms with Gasteiger partial charge < -0.3 is 172 Å². The molecule has 20 atom stereocenters. The van der Waals surface area contributed by atoms with Gasteiger partial charge in [-0.05, 0) is 128 Å². The zero-order chi connectivity index (χ0) is 84.3. The van der Waals surface area contributed by atoms with Crippen molar-refractivity contribution < 1.29 is 163 Å². The SMILES string of the molecule is COP([O-])(=S)OCCCCCCOCCC(COCCCCCOP([O-])(=S)OCCCCCO[C@@H]1OCC(CO)C[C@H](O)[C@H](O)C1NC(C)=O)(COCCCCOP(=O)([S-])OCCCCO[C@@H]1OCC(CO)C[C@H](O)[C@H](O)C1NC(C)=O)COCCCOP([O-])(=S)OCCCCCO[C@@H]1OCC(CO)C[C@H](O)[C@H](O)C1NC(C)=O. The van der Waals surface area contributed by atoms with Gasteiger partial charge in [-0.25, -0.2) is 0 Å². The molecule has 3 saturated heterocycles. The zero-order valence-corrected chi connectivity index (χ0v) is 73.2. The minimum atomic E-state index is -3.92. The molecule has 12 N–H and O–H groups in total. The number of carbonyl (C=O) groups excluding carboxylic acids is 3. The average molecular weight is 1800 g/mol. The lowest BCUT2D eigenvalue weighted by Gasteiger charge is -2.37. The largest absolute Gasteiger partial charge is 0.780 e. The fourth-order valence-corrected chi connectivity index (χ4v) is 16.4. The van der Waals surface area contributed by atoms with Gasteiger partial charge in [0.1, 0.15) is 56.6 Å². The van der Waals surface area contributed by atoms with E-state index in [1.54, 1.807) is 0 Å². The molecule has 3 fully saturated rings. The highest BCUT2D eigenvalue weighted by Crippen LogP contribution is 2.46. The van der Waals surface area contributed by atoms with Crippen LogP contribution in [-0.4, -0.2) is 303 Å². The quantitative estimate of drug-likeness (QED) is 0.0233. The Morgan fingerprint density at radius 3 is 1.00 bits per heavy atom. The number of hydrogen-bond acceptors (Lipinski definition) is 38. The molecule has 3 rings (SSSR count). The van der Waals surface area contributed by atoms with Crippen LogP contribution >= 0.6 is 27.0 Å². The van der Waals surface area contributed by atoms with Crippen molar-refractivity contribution >= 4 is 92.3 Å². The van der Waals surface area contributed by atoms with Crippen molar-refractivity contribution in [3.63, 3.8) is 0 Å². The fraction of sp³-hybridized carbons (Fsp3) is 0.957. The van der Waals surface area contributed by atoms with E-state index in [9.17, 15) is 79.6 Å². The molecular formula is C69H131N3O34P4S4-4. The molecule has 0 spiro atoms. The number of carbonyl (C=O) groups is 3. The van der Waals surface area contributed by atoms with Gasteiger partial charge in [-0.15, -0.1) is 0 Å². The molecule has 0 bridgehead atoms. The van der Waals surface area contributed by atoms with Gasteiger partial charge in [0.05, 0.1) is 104 Å². The second-order valence-corrected chi connectivity index (χ2v) is 39.7. The topological polar surface area (TPSA) is 522 Å². The molecule has 37 nitrogen and oxygen atoms in total. The van der Waals surface area contributed by atoms with Crippen molar-refractivity contribution in [1.82, 2.24) is 16.0 Å². The third-order valence-corrected chi connectivity index (χ3v) is 25.0. The van der Waals surface area contributed by atoms with E-state index in [1.807, 2.05) is 0 Å². The van der Waals surface area contributed by atoms with Crippen LogP contribution in [-0.2, 0) is 150 Å². The van der Waals surface area contributed by atoms with E-state index in [-0.39, 0.29) is 171 Å². The third kappa shape index (κ3) is 49.3. The highest BCUT2D eigenvalue weighted by atomic mass is 32.7. The van der Waals surface area contributed by atoms with E-state index >= 15 is 0 Å². The van der Waals surface area contributed by atoms with Crippen molar-refractivity contribution in [3.05, 3.63) is 0 Å². The second kappa shape index (κ2) is 61.9. The molecule has 0 radical (unpaired) electrons. The van der Waals surface area contributed by atoms with Crippen LogP contribution in [0.2, 0.25) is 0 Å². The maximum absolute atomic E-state index is 13.2. The third-order valence-electron chi connectivity index (χ3n) is 18.4. The van der Waals surface area contributed by atoms with Gasteiger partial charge in [0.2, 0.25) is 17.7 Å². The summed E-state index contributed by atoms with van der Waals surface area (Å²) in [4.78, 5) is 74.0. The summed E-state index contributed by atoms with van der Waals surface area (Å²) >= 11 is 20.3. The molecule has 11 unspecified atom stereocenters. The standard InChI is InChI=1S/C69H135N3O34P4S4/c1-51(76)70-60-63(82)57(79)39-54(42-73)45-97-66(60)94-28-12-8-16-33-102-108(86,112)101-32-15-7-11-25-91-48-69(23-38-90-24-10-5-6-14-31-100-107(85,111)89-4,49-92-26-18-20-35-104-109(87,113)105-36-21-19-30-96-68-62(72-53(3)78)65(84)59(81)41-56(44-75)47-99-68)50-93-27-22-37-106-110(88,114)103-34-17-9-13-29-95-67-61(71-52(2)77)64(83)58(80)40-55(43-74)46-98-67/h54-68,73-75,79-84H,5-50H2,1-4H3,(H,70,76)(H,71,77)(H,72,78)(H,85,111)(H,86,112)(H,87,113)(H,88,114)/p-4/t54?,55?,56?,57-,58-,59-,60?,61?,62?,63-,64-,65-,66+,67+,68+,69?,107?,108?,109?,110?/m0/s1. The number of aliphatic hydroxyl groups excluding tert-OH is 9. The van der Waals surface area contributed by atoms with Crippen LogP contribution < -0.4 is 30.6 Å². The van der Waals surface area contributed by atoms with Crippen LogP contribution in [0.3, 0.4) is 0 Å². The fourth-order valence-electron chi connectivity index (χ4n) is 12.0. The predicted molar refractivity (Wildman–Crippen MR) is 421 cm³/mol. The van der Waals surface area contributed by atoms with Crippen molar-refractivity contribution in [2.24, 2.45) is 23.2 Å². The Bertz CT molecular complexity index is 2750. The smallest absolute Gasteiger partial charge is 0.217 e. The molecule has 3 amide bonds. The van der Waals surface area contributed by atoms with Crippen molar-refractivity contribution in [2.45, 2.75) is 236 Å². The first kappa shape index (κ1) is 108. The van der Waals surface area contributed by atoms with Crippen LogP contribution in [0.4, 0.5) is 0 Å². The van der Waals surface area contributed by atoms with E-state index in [0.29, 0.717) is 110 Å². The first-order valence-corrected chi connectivity index (χ1v) is 49.6. The summed E-state index contributed by atoms with van der Waals surface area (Å²) in [5.41, 5.74) is -0.796. The number of amides is 3. The van der Waals surface area contributed by atoms with Gasteiger partial charge in [0, 0.05) is 124 Å². The van der Waals surface area contributed by atoms with E-state index in [2.05, 4.69) is 16.0 Å². The van der Waals surface area contributed by atoms with E-state index in [1.165, 1.54) is 27.9 Å². The zero-order valence-electron chi connectivity index (χ0n) is 66.3. The van der Waals surface area contributed by atoms with Crippen LogP contribution in [0.25, 0.3) is 0 Å². The van der Waals surface area contributed by atoms with Gasteiger partial charge in [-0.2, -0.15) is 0 Å². The molecule has 0 aliphatic carbocycles. The molecule has 0 aromatic heterocycles. The summed E-state index contributed by atoms with van der Waals surface area (Å²) in [5, 5.41) is 101. The van der Waals surface area contributed by atoms with Crippen LogP contribution in [0.1, 0.15) is 162 Å². The van der Waals surface area contributed by atoms with Crippen molar-refractivity contribution in [2.75, 3.05) is 166 Å². The maximum atomic E-state index is 13.2. The molecule has 3 aliphatic rings. The molecule has 114 heavy (non-hydrogen) atoms. The normalized spacial score (nSPS) is 27.4. The molecule has 0 aromatic carbocycles. The minimum Gasteiger partial charge on any atom is -0.780 e. The summed E-state index contributed by atoms with van der Waals surface area (Å²) in [6.07, 6.45) is -1.36. The maximum Gasteiger partial charge on any atom is 0.217 e. The number of unbranched alkanes of at least 4 members (excludes halogenated alkanes) is 11. The van der Waals surface area contributed by atoms with Crippen LogP contribution in [0.15, 0.2) is 0 Å². The Morgan fingerprint density at radius 1 is 0.404 bits per heavy atom. The molecular weight excluding hydrogens is 1670 g/mol. The van der Waals surface area contributed by atoms with Crippen LogP contribution in [0, 0.1) is 23.2 Å². The van der Waals surface area contributed by atoms with Crippen LogP contribution in [0.5, 0.6) is 0 Å². The highest BCUT2D eigenvalue weighted by molar-refractivity contribution is 8.32.